The van der Waals surface area contributed by atoms with E-state index in [0.29, 0.717) is 22.3 Å². The highest BCUT2D eigenvalue weighted by Gasteiger charge is 2.34. The molecule has 8 heteroatoms. The van der Waals surface area contributed by atoms with E-state index < -0.39 is 11.9 Å². The quantitative estimate of drug-likeness (QED) is 0.304. The molecule has 7 nitrogen and oxygen atoms in total. The number of halogens is 1. The van der Waals surface area contributed by atoms with Crippen molar-refractivity contribution in [1.82, 2.24) is 19.9 Å². The van der Waals surface area contributed by atoms with Crippen LogP contribution in [-0.2, 0) is 0 Å². The summed E-state index contributed by atoms with van der Waals surface area (Å²) < 4.78 is 14.9. The average molecular weight is 497 g/mol. The molecule has 0 spiro atoms. The van der Waals surface area contributed by atoms with Gasteiger partial charge in [-0.05, 0) is 59.7 Å². The third kappa shape index (κ3) is 4.40. The van der Waals surface area contributed by atoms with Crippen LogP contribution in [0.15, 0.2) is 77.7 Å². The first-order valence-corrected chi connectivity index (χ1v) is 12.3. The minimum Gasteiger partial charge on any atom is -0.396 e. The first-order valence-electron chi connectivity index (χ1n) is 12.3. The van der Waals surface area contributed by atoms with Gasteiger partial charge in [0.05, 0.1) is 17.9 Å². The van der Waals surface area contributed by atoms with E-state index in [9.17, 15) is 19.1 Å². The lowest BCUT2D eigenvalue weighted by Crippen LogP contribution is -2.30. The molecule has 0 radical (unpaired) electrons. The largest absolute Gasteiger partial charge is 0.396 e. The zero-order chi connectivity index (χ0) is 25.5. The molecule has 1 aliphatic carbocycles. The number of aliphatic hydroxyl groups excluding tert-OH is 1. The highest BCUT2D eigenvalue weighted by molar-refractivity contribution is 5.96. The Balaban J connectivity index is 1.40. The Kier molecular flexibility index (Phi) is 5.81. The number of carbonyl (C=O) groups is 1. The molecule has 6 rings (SSSR count). The zero-order valence-electron chi connectivity index (χ0n) is 19.9. The first kappa shape index (κ1) is 23.1. The van der Waals surface area contributed by atoms with E-state index in [1.165, 1.54) is 16.6 Å². The van der Waals surface area contributed by atoms with E-state index in [2.05, 4.69) is 15.4 Å². The van der Waals surface area contributed by atoms with Crippen LogP contribution < -0.4 is 10.9 Å². The molecule has 37 heavy (non-hydrogen) atoms. The van der Waals surface area contributed by atoms with Gasteiger partial charge in [-0.25, -0.2) is 8.91 Å². The molecule has 3 N–H and O–H groups in total. The molecule has 1 aliphatic rings. The van der Waals surface area contributed by atoms with Gasteiger partial charge in [0.1, 0.15) is 11.3 Å². The molecule has 1 fully saturated rings. The molecular formula is C29H25FN4O3. The van der Waals surface area contributed by atoms with Gasteiger partial charge in [0.2, 0.25) is 0 Å². The van der Waals surface area contributed by atoms with E-state index >= 15 is 0 Å². The van der Waals surface area contributed by atoms with Crippen LogP contribution in [0, 0.1) is 5.82 Å². The smallest absolute Gasteiger partial charge is 0.274 e. The van der Waals surface area contributed by atoms with Crippen LogP contribution in [0.25, 0.3) is 27.5 Å². The summed E-state index contributed by atoms with van der Waals surface area (Å²) in [6, 6.07) is 19.2. The molecule has 0 aliphatic heterocycles. The highest BCUT2D eigenvalue weighted by Crippen LogP contribution is 2.43. The van der Waals surface area contributed by atoms with E-state index in [1.807, 2.05) is 42.5 Å². The Bertz CT molecular complexity index is 1690. The van der Waals surface area contributed by atoms with Crippen molar-refractivity contribution in [2.75, 3.05) is 6.61 Å². The number of amides is 1. The van der Waals surface area contributed by atoms with Gasteiger partial charge in [0, 0.05) is 17.7 Å². The SMILES string of the molecule is O=C(NC(CCO)c1ccc(F)cc1)c1nn2cc(-c3ccc4ccccc4c3)[nH]c(=O)c2c1C1CC1. The molecule has 2 heterocycles. The van der Waals surface area contributed by atoms with Crippen LogP contribution >= 0.6 is 0 Å². The Hall–Kier alpha value is -4.30. The number of benzene rings is 3. The minimum atomic E-state index is -0.526. The fraction of sp³-hybridized carbons (Fsp3) is 0.207. The number of fused-ring (bicyclic) bond motifs is 2. The summed E-state index contributed by atoms with van der Waals surface area (Å²) in [5.41, 5.74) is 3.04. The van der Waals surface area contributed by atoms with Crippen LogP contribution in [0.5, 0.6) is 0 Å². The normalized spacial score (nSPS) is 14.2. The molecule has 1 saturated carbocycles. The van der Waals surface area contributed by atoms with Crippen molar-refractivity contribution in [2.45, 2.75) is 31.2 Å². The number of H-pyrrole nitrogens is 1. The Morgan fingerprint density at radius 2 is 1.86 bits per heavy atom. The summed E-state index contributed by atoms with van der Waals surface area (Å²) >= 11 is 0. The minimum absolute atomic E-state index is 0.0907. The van der Waals surface area contributed by atoms with Crippen molar-refractivity contribution in [2.24, 2.45) is 0 Å². The second-order valence-electron chi connectivity index (χ2n) is 9.48. The zero-order valence-corrected chi connectivity index (χ0v) is 19.9. The van der Waals surface area contributed by atoms with Crippen LogP contribution in [0.4, 0.5) is 4.39 Å². The molecule has 1 atom stereocenters. The van der Waals surface area contributed by atoms with Gasteiger partial charge in [-0.2, -0.15) is 5.10 Å². The lowest BCUT2D eigenvalue weighted by Gasteiger charge is -2.18. The molecule has 1 amide bonds. The molecule has 3 aromatic carbocycles. The lowest BCUT2D eigenvalue weighted by molar-refractivity contribution is 0.0923. The maximum absolute atomic E-state index is 13.5. The molecule has 0 bridgehead atoms. The number of nitrogens with zero attached hydrogens (tertiary/aromatic N) is 2. The molecule has 186 valence electrons. The monoisotopic (exact) mass is 496 g/mol. The Morgan fingerprint density at radius 3 is 2.59 bits per heavy atom. The first-order chi connectivity index (χ1) is 18.0. The van der Waals surface area contributed by atoms with E-state index in [4.69, 9.17) is 0 Å². The van der Waals surface area contributed by atoms with Gasteiger partial charge in [0.15, 0.2) is 5.69 Å². The van der Waals surface area contributed by atoms with Gasteiger partial charge in [0.25, 0.3) is 11.5 Å². The predicted octanol–water partition coefficient (Wildman–Crippen LogP) is 4.71. The molecular weight excluding hydrogens is 471 g/mol. The third-order valence-electron chi connectivity index (χ3n) is 6.92. The number of aromatic nitrogens is 3. The maximum Gasteiger partial charge on any atom is 0.274 e. The van der Waals surface area contributed by atoms with Crippen molar-refractivity contribution >= 4 is 22.2 Å². The lowest BCUT2D eigenvalue weighted by atomic mass is 10.0. The van der Waals surface area contributed by atoms with Gasteiger partial charge in [-0.15, -0.1) is 0 Å². The molecule has 1 unspecified atom stereocenters. The van der Waals surface area contributed by atoms with Crippen LogP contribution in [0.3, 0.4) is 0 Å². The van der Waals surface area contributed by atoms with Gasteiger partial charge >= 0.3 is 0 Å². The summed E-state index contributed by atoms with van der Waals surface area (Å²) in [6.45, 7) is -0.155. The second-order valence-corrected chi connectivity index (χ2v) is 9.48. The fourth-order valence-electron chi connectivity index (χ4n) is 4.91. The number of nitrogens with one attached hydrogen (secondary N) is 2. The van der Waals surface area contributed by atoms with Crippen LogP contribution in [-0.4, -0.2) is 32.2 Å². The fourth-order valence-corrected chi connectivity index (χ4v) is 4.91. The number of carbonyl (C=O) groups excluding carboxylic acids is 1. The van der Waals surface area contributed by atoms with Crippen molar-refractivity contribution in [3.8, 4) is 11.3 Å². The highest BCUT2D eigenvalue weighted by atomic mass is 19.1. The Labute approximate surface area is 211 Å². The summed E-state index contributed by atoms with van der Waals surface area (Å²) in [7, 11) is 0. The molecule has 5 aromatic rings. The Morgan fingerprint density at radius 1 is 1.11 bits per heavy atom. The van der Waals surface area contributed by atoms with Crippen molar-refractivity contribution in [3.63, 3.8) is 0 Å². The number of aromatic amines is 1. The van der Waals surface area contributed by atoms with E-state index in [-0.39, 0.29) is 36.0 Å². The van der Waals surface area contributed by atoms with E-state index in [1.54, 1.807) is 18.3 Å². The van der Waals surface area contributed by atoms with Crippen LogP contribution in [0.2, 0.25) is 0 Å². The van der Waals surface area contributed by atoms with Gasteiger partial charge < -0.3 is 15.4 Å². The molecule has 0 saturated heterocycles. The standard InChI is InChI=1S/C29H25FN4O3/c30-22-11-9-18(10-12-22)23(13-14-35)31-28(36)26-25(19-6-7-19)27-29(37)32-24(16-34(27)33-26)21-8-5-17-3-1-2-4-20(17)15-21/h1-5,8-12,15-16,19,23,35H,6-7,13-14H2,(H,31,36)(H,32,37). The number of aliphatic hydroxyl groups is 1. The van der Waals surface area contributed by atoms with Crippen molar-refractivity contribution < 1.29 is 14.3 Å². The number of rotatable bonds is 7. The van der Waals surface area contributed by atoms with Gasteiger partial charge in [-0.1, -0.05) is 48.5 Å². The molecule has 2 aromatic heterocycles. The summed E-state index contributed by atoms with van der Waals surface area (Å²) in [5, 5.41) is 19.2. The van der Waals surface area contributed by atoms with Crippen LogP contribution in [0.1, 0.15) is 52.8 Å². The topological polar surface area (TPSA) is 99.5 Å². The van der Waals surface area contributed by atoms with Gasteiger partial charge in [-0.3, -0.25) is 9.59 Å². The number of hydrogen-bond donors (Lipinski definition) is 3. The third-order valence-corrected chi connectivity index (χ3v) is 6.92. The second kappa shape index (κ2) is 9.29. The summed E-state index contributed by atoms with van der Waals surface area (Å²) in [5.74, 6) is -0.719. The van der Waals surface area contributed by atoms with Crippen molar-refractivity contribution in [1.29, 1.82) is 0 Å². The number of hydrogen-bond acceptors (Lipinski definition) is 4. The average Bonchev–Trinajstić information content (AvgIpc) is 3.67. The predicted molar refractivity (Wildman–Crippen MR) is 139 cm³/mol. The van der Waals surface area contributed by atoms with Crippen molar-refractivity contribution in [3.05, 3.63) is 106 Å². The maximum atomic E-state index is 13.5. The van der Waals surface area contributed by atoms with E-state index in [0.717, 1.165) is 29.2 Å². The summed E-state index contributed by atoms with van der Waals surface area (Å²) in [6.07, 6.45) is 3.77. The summed E-state index contributed by atoms with van der Waals surface area (Å²) in [4.78, 5) is 29.7.